The molecule has 0 saturated heterocycles. The van der Waals surface area contributed by atoms with E-state index < -0.39 is 0 Å². The lowest BCUT2D eigenvalue weighted by Crippen LogP contribution is -2.32. The monoisotopic (exact) mass is 335 g/mol. The minimum atomic E-state index is -0.335. The van der Waals surface area contributed by atoms with Crippen LogP contribution in [0.1, 0.15) is 5.56 Å². The average Bonchev–Trinajstić information content (AvgIpc) is 3.03. The van der Waals surface area contributed by atoms with Gasteiger partial charge in [0.05, 0.1) is 16.8 Å². The molecule has 0 atom stereocenters. The van der Waals surface area contributed by atoms with Crippen LogP contribution < -0.4 is 4.90 Å². The minimum Gasteiger partial charge on any atom is -0.494 e. The molecule has 1 aliphatic rings. The van der Waals surface area contributed by atoms with Crippen LogP contribution in [-0.2, 0) is 11.8 Å². The van der Waals surface area contributed by atoms with Gasteiger partial charge < -0.3 is 9.67 Å². The number of amides is 1. The Bertz CT molecular complexity index is 1020. The number of nitrogens with zero attached hydrogens (tertiary/aromatic N) is 3. The second-order valence-electron chi connectivity index (χ2n) is 5.49. The molecular weight excluding hydrogens is 322 g/mol. The van der Waals surface area contributed by atoms with Crippen molar-refractivity contribution < 1.29 is 9.90 Å². The van der Waals surface area contributed by atoms with Crippen LogP contribution in [0.25, 0.3) is 10.9 Å². The summed E-state index contributed by atoms with van der Waals surface area (Å²) in [6.45, 7) is 0. The third kappa shape index (κ3) is 1.97. The predicted octanol–water partition coefficient (Wildman–Crippen LogP) is 3.00. The molecule has 4 rings (SSSR count). The van der Waals surface area contributed by atoms with Crippen molar-refractivity contribution in [2.75, 3.05) is 4.90 Å². The van der Waals surface area contributed by atoms with Gasteiger partial charge in [-0.3, -0.25) is 4.79 Å². The van der Waals surface area contributed by atoms with Crippen LogP contribution in [-0.4, -0.2) is 26.4 Å². The SMILES string of the molecule is Cn1c(O)c(C2=NC(=S)N(c3ccccc3)C2=O)c2ccccc21. The molecule has 0 bridgehead atoms. The first-order valence-corrected chi connectivity index (χ1v) is 7.79. The molecule has 1 aliphatic heterocycles. The fourth-order valence-electron chi connectivity index (χ4n) is 2.97. The molecule has 24 heavy (non-hydrogen) atoms. The number of thiocarbonyl (C=S) groups is 1. The van der Waals surface area contributed by atoms with Gasteiger partial charge in [0.15, 0.2) is 0 Å². The summed E-state index contributed by atoms with van der Waals surface area (Å²) in [5.74, 6) is -0.334. The van der Waals surface area contributed by atoms with Crippen molar-refractivity contribution in [1.29, 1.82) is 0 Å². The van der Waals surface area contributed by atoms with Gasteiger partial charge in [-0.2, -0.15) is 0 Å². The van der Waals surface area contributed by atoms with E-state index in [1.54, 1.807) is 23.7 Å². The molecule has 118 valence electrons. The lowest BCUT2D eigenvalue weighted by atomic mass is 10.1. The fourth-order valence-corrected chi connectivity index (χ4v) is 3.25. The molecule has 0 unspecified atom stereocenters. The molecule has 5 nitrogen and oxygen atoms in total. The number of carbonyl (C=O) groups excluding carboxylic acids is 1. The first-order chi connectivity index (χ1) is 11.6. The van der Waals surface area contributed by atoms with Gasteiger partial charge in [0, 0.05) is 12.4 Å². The van der Waals surface area contributed by atoms with Crippen molar-refractivity contribution >= 4 is 45.5 Å². The Morgan fingerprint density at radius 3 is 2.46 bits per heavy atom. The summed E-state index contributed by atoms with van der Waals surface area (Å²) in [6, 6.07) is 16.6. The third-order valence-electron chi connectivity index (χ3n) is 4.13. The maximum absolute atomic E-state index is 12.9. The maximum Gasteiger partial charge on any atom is 0.284 e. The number of aromatic hydroxyl groups is 1. The molecule has 0 radical (unpaired) electrons. The molecule has 3 aromatic rings. The van der Waals surface area contributed by atoms with Crippen LogP contribution >= 0.6 is 12.2 Å². The van der Waals surface area contributed by atoms with Crippen LogP contribution in [0.5, 0.6) is 5.88 Å². The number of para-hydroxylation sites is 2. The molecule has 0 spiro atoms. The molecule has 2 heterocycles. The smallest absolute Gasteiger partial charge is 0.284 e. The number of hydrogen-bond donors (Lipinski definition) is 1. The van der Waals surface area contributed by atoms with Crippen LogP contribution in [0.4, 0.5) is 5.69 Å². The molecule has 1 N–H and O–H groups in total. The molecule has 6 heteroatoms. The van der Waals surface area contributed by atoms with Gasteiger partial charge in [-0.05, 0) is 30.4 Å². The van der Waals surface area contributed by atoms with Crippen LogP contribution in [0, 0.1) is 0 Å². The Balaban J connectivity index is 1.88. The molecule has 0 aliphatic carbocycles. The second-order valence-corrected chi connectivity index (χ2v) is 5.86. The van der Waals surface area contributed by atoms with E-state index in [-0.39, 0.29) is 22.6 Å². The van der Waals surface area contributed by atoms with E-state index >= 15 is 0 Å². The summed E-state index contributed by atoms with van der Waals surface area (Å²) < 4.78 is 1.63. The van der Waals surface area contributed by atoms with Crippen LogP contribution in [0.15, 0.2) is 59.6 Å². The quantitative estimate of drug-likeness (QED) is 0.733. The van der Waals surface area contributed by atoms with E-state index in [9.17, 15) is 9.90 Å². The number of benzene rings is 2. The van der Waals surface area contributed by atoms with Gasteiger partial charge in [-0.25, -0.2) is 9.89 Å². The van der Waals surface area contributed by atoms with Crippen molar-refractivity contribution in [1.82, 2.24) is 4.57 Å². The Labute approximate surface area is 143 Å². The predicted molar refractivity (Wildman–Crippen MR) is 97.6 cm³/mol. The second kappa shape index (κ2) is 5.28. The summed E-state index contributed by atoms with van der Waals surface area (Å²) in [7, 11) is 1.74. The van der Waals surface area contributed by atoms with E-state index in [0.717, 1.165) is 10.9 Å². The molecule has 0 fully saturated rings. The Kier molecular flexibility index (Phi) is 3.21. The maximum atomic E-state index is 12.9. The summed E-state index contributed by atoms with van der Waals surface area (Å²) in [5, 5.41) is 11.5. The van der Waals surface area contributed by atoms with Gasteiger partial charge in [-0.15, -0.1) is 0 Å². The van der Waals surface area contributed by atoms with Crippen molar-refractivity contribution in [3.63, 3.8) is 0 Å². The summed E-state index contributed by atoms with van der Waals surface area (Å²) >= 11 is 5.28. The Morgan fingerprint density at radius 2 is 1.71 bits per heavy atom. The molecule has 0 saturated carbocycles. The van der Waals surface area contributed by atoms with Crippen molar-refractivity contribution in [2.45, 2.75) is 0 Å². The lowest BCUT2D eigenvalue weighted by molar-refractivity contribution is -0.111. The summed E-state index contributed by atoms with van der Waals surface area (Å²) in [5.41, 5.74) is 2.06. The first kappa shape index (κ1) is 14.6. The highest BCUT2D eigenvalue weighted by Gasteiger charge is 2.36. The average molecular weight is 335 g/mol. The zero-order chi connectivity index (χ0) is 16.8. The Morgan fingerprint density at radius 1 is 1.04 bits per heavy atom. The van der Waals surface area contributed by atoms with Gasteiger partial charge in [0.2, 0.25) is 11.0 Å². The number of aryl methyl sites for hydroxylation is 1. The van der Waals surface area contributed by atoms with Crippen LogP contribution in [0.3, 0.4) is 0 Å². The van der Waals surface area contributed by atoms with E-state index in [2.05, 4.69) is 4.99 Å². The topological polar surface area (TPSA) is 57.8 Å². The van der Waals surface area contributed by atoms with Gasteiger partial charge in [0.1, 0.15) is 5.71 Å². The number of anilines is 1. The van der Waals surface area contributed by atoms with Crippen LogP contribution in [0.2, 0.25) is 0 Å². The highest BCUT2D eigenvalue weighted by molar-refractivity contribution is 7.80. The standard InChI is InChI=1S/C18H13N3O2S/c1-20-13-10-6-5-9-12(13)14(16(20)22)15-17(23)21(18(24)19-15)11-7-3-2-4-8-11/h2-10,22H,1H3. The van der Waals surface area contributed by atoms with Gasteiger partial charge in [-0.1, -0.05) is 36.4 Å². The largest absolute Gasteiger partial charge is 0.494 e. The van der Waals surface area contributed by atoms with E-state index in [0.29, 0.717) is 11.3 Å². The molecule has 2 aromatic carbocycles. The highest BCUT2D eigenvalue weighted by Crippen LogP contribution is 2.33. The van der Waals surface area contributed by atoms with Gasteiger partial charge in [0.25, 0.3) is 5.91 Å². The van der Waals surface area contributed by atoms with Crippen molar-refractivity contribution in [3.8, 4) is 5.88 Å². The zero-order valence-electron chi connectivity index (χ0n) is 12.8. The van der Waals surface area contributed by atoms with E-state index in [1.165, 1.54) is 4.90 Å². The van der Waals surface area contributed by atoms with Crippen molar-refractivity contribution in [3.05, 3.63) is 60.2 Å². The molecule has 1 aromatic heterocycles. The zero-order valence-corrected chi connectivity index (χ0v) is 13.6. The summed E-state index contributed by atoms with van der Waals surface area (Å²) in [4.78, 5) is 18.6. The minimum absolute atomic E-state index is 0.000937. The summed E-state index contributed by atoms with van der Waals surface area (Å²) in [6.07, 6.45) is 0. The van der Waals surface area contributed by atoms with Gasteiger partial charge >= 0.3 is 0 Å². The lowest BCUT2D eigenvalue weighted by Gasteiger charge is -2.14. The number of hydrogen-bond acceptors (Lipinski definition) is 3. The number of carbonyl (C=O) groups is 1. The number of fused-ring (bicyclic) bond motifs is 1. The highest BCUT2D eigenvalue weighted by atomic mass is 32.1. The van der Waals surface area contributed by atoms with E-state index in [1.807, 2.05) is 42.5 Å². The molecular formula is C18H13N3O2S. The Hall–Kier alpha value is -2.99. The number of rotatable bonds is 2. The molecule has 1 amide bonds. The third-order valence-corrected chi connectivity index (χ3v) is 4.41. The van der Waals surface area contributed by atoms with E-state index in [4.69, 9.17) is 12.2 Å². The first-order valence-electron chi connectivity index (χ1n) is 7.38. The number of aliphatic imine (C=N–C) groups is 1. The number of aromatic nitrogens is 1. The normalized spacial score (nSPS) is 14.5. The fraction of sp³-hybridized carbons (Fsp3) is 0.0556. The van der Waals surface area contributed by atoms with Crippen molar-refractivity contribution in [2.24, 2.45) is 12.0 Å².